The molecule has 1 atom stereocenters. The van der Waals surface area contributed by atoms with E-state index >= 15 is 0 Å². The van der Waals surface area contributed by atoms with Crippen molar-refractivity contribution >= 4 is 17.1 Å². The topological polar surface area (TPSA) is 69.9 Å². The number of nitrogens with one attached hydrogen (secondary N) is 1. The third-order valence-electron chi connectivity index (χ3n) is 4.30. The lowest BCUT2D eigenvalue weighted by atomic mass is 10.1. The van der Waals surface area contributed by atoms with Crippen LogP contribution in [0.1, 0.15) is 52.0 Å². The fourth-order valence-corrected chi connectivity index (χ4v) is 2.92. The van der Waals surface area contributed by atoms with Gasteiger partial charge < -0.3 is 23.9 Å². The van der Waals surface area contributed by atoms with E-state index in [0.717, 1.165) is 28.0 Å². The fourth-order valence-electron chi connectivity index (χ4n) is 2.92. The Morgan fingerprint density at radius 1 is 1.03 bits per heavy atom. The molecule has 6 nitrogen and oxygen atoms in total. The van der Waals surface area contributed by atoms with Crippen molar-refractivity contribution < 1.29 is 23.4 Å². The lowest BCUT2D eigenvalue weighted by Crippen LogP contribution is -2.33. The summed E-state index contributed by atoms with van der Waals surface area (Å²) < 4.78 is 22.6. The van der Waals surface area contributed by atoms with Crippen molar-refractivity contribution in [3.8, 4) is 11.5 Å². The van der Waals surface area contributed by atoms with Crippen LogP contribution >= 0.6 is 0 Å². The van der Waals surface area contributed by atoms with Crippen LogP contribution in [0.2, 0.25) is 0 Å². The molecule has 0 fully saturated rings. The lowest BCUT2D eigenvalue weighted by molar-refractivity contribution is 0.0502. The summed E-state index contributed by atoms with van der Waals surface area (Å²) in [4.78, 5) is 12.0. The fraction of sp³-hybridized carbons (Fsp3) is 0.375. The van der Waals surface area contributed by atoms with E-state index in [1.165, 1.54) is 0 Å². The summed E-state index contributed by atoms with van der Waals surface area (Å²) in [7, 11) is 0. The Bertz CT molecular complexity index is 985. The van der Waals surface area contributed by atoms with Crippen LogP contribution in [0.5, 0.6) is 11.5 Å². The number of carbonyl (C=O) groups excluding carboxylic acids is 1. The molecule has 1 amide bonds. The van der Waals surface area contributed by atoms with Crippen molar-refractivity contribution in [1.82, 2.24) is 5.32 Å². The Morgan fingerprint density at radius 3 is 2.33 bits per heavy atom. The van der Waals surface area contributed by atoms with Crippen LogP contribution in [0.4, 0.5) is 4.79 Å². The minimum Gasteiger partial charge on any atom is -0.494 e. The van der Waals surface area contributed by atoms with Crippen LogP contribution in [-0.2, 0) is 11.3 Å². The van der Waals surface area contributed by atoms with E-state index in [-0.39, 0.29) is 6.04 Å². The maximum Gasteiger partial charge on any atom is 0.408 e. The maximum absolute atomic E-state index is 12.0. The van der Waals surface area contributed by atoms with Crippen LogP contribution in [-0.4, -0.2) is 18.3 Å². The van der Waals surface area contributed by atoms with Crippen molar-refractivity contribution in [2.45, 2.75) is 52.9 Å². The minimum absolute atomic E-state index is 0.309. The summed E-state index contributed by atoms with van der Waals surface area (Å²) in [5.74, 6) is 2.26. The second-order valence-corrected chi connectivity index (χ2v) is 8.08. The number of furan rings is 1. The molecule has 1 aromatic heterocycles. The third kappa shape index (κ3) is 5.92. The summed E-state index contributed by atoms with van der Waals surface area (Å²) in [6.07, 6.45) is -0.472. The molecule has 0 radical (unpaired) electrons. The molecule has 1 unspecified atom stereocenters. The van der Waals surface area contributed by atoms with Gasteiger partial charge in [-0.25, -0.2) is 4.79 Å². The van der Waals surface area contributed by atoms with Gasteiger partial charge in [-0.05, 0) is 76.6 Å². The van der Waals surface area contributed by atoms with Crippen molar-refractivity contribution in [2.75, 3.05) is 6.61 Å². The molecule has 1 heterocycles. The zero-order chi connectivity index (χ0) is 21.7. The Balaban J connectivity index is 1.63. The van der Waals surface area contributed by atoms with Gasteiger partial charge in [0.15, 0.2) is 0 Å². The smallest absolute Gasteiger partial charge is 0.408 e. The quantitative estimate of drug-likeness (QED) is 0.517. The summed E-state index contributed by atoms with van der Waals surface area (Å²) >= 11 is 0. The van der Waals surface area contributed by atoms with Crippen molar-refractivity contribution in [1.29, 1.82) is 0 Å². The molecule has 0 saturated carbocycles. The number of ether oxygens (including phenoxy) is 3. The van der Waals surface area contributed by atoms with Gasteiger partial charge in [-0.1, -0.05) is 12.1 Å². The van der Waals surface area contributed by atoms with Gasteiger partial charge in [-0.3, -0.25) is 0 Å². The molecule has 1 N–H and O–H groups in total. The average Bonchev–Trinajstić information content (AvgIpc) is 3.10. The van der Waals surface area contributed by atoms with Gasteiger partial charge in [-0.2, -0.15) is 0 Å². The molecule has 6 heteroatoms. The Morgan fingerprint density at radius 2 is 1.70 bits per heavy atom. The number of alkyl carbamates (subject to hydrolysis) is 1. The molecule has 0 aliphatic heterocycles. The van der Waals surface area contributed by atoms with Gasteiger partial charge >= 0.3 is 6.09 Å². The molecule has 0 saturated heterocycles. The van der Waals surface area contributed by atoms with Crippen LogP contribution < -0.4 is 14.8 Å². The molecule has 0 spiro atoms. The first-order valence-electron chi connectivity index (χ1n) is 10.1. The van der Waals surface area contributed by atoms with Crippen molar-refractivity contribution in [3.63, 3.8) is 0 Å². The molecule has 160 valence electrons. The average molecular weight is 411 g/mol. The summed E-state index contributed by atoms with van der Waals surface area (Å²) in [6.45, 7) is 10.4. The SMILES string of the molecule is CCOc1ccc(OCc2ccc3cc(C(C)NC(=O)OC(C)(C)C)oc3c2)cc1. The number of rotatable bonds is 7. The first kappa shape index (κ1) is 21.6. The molecule has 2 aromatic carbocycles. The molecule has 0 aliphatic rings. The van der Waals surface area contributed by atoms with Gasteiger partial charge in [0.1, 0.15) is 35.1 Å². The minimum atomic E-state index is -0.546. The second kappa shape index (κ2) is 9.11. The van der Waals surface area contributed by atoms with E-state index in [9.17, 15) is 4.79 Å². The van der Waals surface area contributed by atoms with Gasteiger partial charge in [0, 0.05) is 5.39 Å². The van der Waals surface area contributed by atoms with Crippen LogP contribution in [0.15, 0.2) is 52.9 Å². The lowest BCUT2D eigenvalue weighted by Gasteiger charge is -2.21. The molecular weight excluding hydrogens is 382 g/mol. The molecule has 30 heavy (non-hydrogen) atoms. The van der Waals surface area contributed by atoms with E-state index in [4.69, 9.17) is 18.6 Å². The highest BCUT2D eigenvalue weighted by Crippen LogP contribution is 2.26. The molecule has 3 aromatic rings. The highest BCUT2D eigenvalue weighted by molar-refractivity contribution is 5.79. The van der Waals surface area contributed by atoms with Crippen LogP contribution in [0.25, 0.3) is 11.0 Å². The second-order valence-electron chi connectivity index (χ2n) is 8.08. The number of amides is 1. The van der Waals surface area contributed by atoms with E-state index in [2.05, 4.69) is 5.32 Å². The number of hydrogen-bond donors (Lipinski definition) is 1. The van der Waals surface area contributed by atoms with Gasteiger partial charge in [0.05, 0.1) is 12.6 Å². The summed E-state index contributed by atoms with van der Waals surface area (Å²) in [5.41, 5.74) is 1.19. The third-order valence-corrected chi connectivity index (χ3v) is 4.30. The Labute approximate surface area is 177 Å². The van der Waals surface area contributed by atoms with Gasteiger partial charge in [0.25, 0.3) is 0 Å². The van der Waals surface area contributed by atoms with Crippen molar-refractivity contribution in [2.24, 2.45) is 0 Å². The predicted molar refractivity (Wildman–Crippen MR) is 116 cm³/mol. The molecular formula is C24H29NO5. The number of benzene rings is 2. The molecule has 0 aliphatic carbocycles. The van der Waals surface area contributed by atoms with Crippen LogP contribution in [0.3, 0.4) is 0 Å². The maximum atomic E-state index is 12.0. The van der Waals surface area contributed by atoms with Gasteiger partial charge in [0.2, 0.25) is 0 Å². The van der Waals surface area contributed by atoms with Crippen LogP contribution in [0, 0.1) is 0 Å². The molecule has 0 bridgehead atoms. The summed E-state index contributed by atoms with van der Waals surface area (Å²) in [6, 6.07) is 15.1. The number of hydrogen-bond acceptors (Lipinski definition) is 5. The zero-order valence-corrected chi connectivity index (χ0v) is 18.2. The standard InChI is InChI=1S/C24H29NO5/c1-6-27-19-9-11-20(12-10-19)28-15-17-7-8-18-14-21(29-22(18)13-17)16(2)25-23(26)30-24(3,4)5/h7-14,16H,6,15H2,1-5H3,(H,25,26). The highest BCUT2D eigenvalue weighted by atomic mass is 16.6. The highest BCUT2D eigenvalue weighted by Gasteiger charge is 2.20. The predicted octanol–water partition coefficient (Wildman–Crippen LogP) is 6.00. The first-order chi connectivity index (χ1) is 14.2. The largest absolute Gasteiger partial charge is 0.494 e. The number of carbonyl (C=O) groups is 1. The first-order valence-corrected chi connectivity index (χ1v) is 10.1. The van der Waals surface area contributed by atoms with Crippen molar-refractivity contribution in [3.05, 3.63) is 59.9 Å². The van der Waals surface area contributed by atoms with E-state index in [1.54, 1.807) is 0 Å². The molecule has 3 rings (SSSR count). The number of fused-ring (bicyclic) bond motifs is 1. The summed E-state index contributed by atoms with van der Waals surface area (Å²) in [5, 5.41) is 3.76. The Hall–Kier alpha value is -3.15. The van der Waals surface area contributed by atoms with E-state index in [1.807, 2.05) is 83.1 Å². The zero-order valence-electron chi connectivity index (χ0n) is 18.2. The van der Waals surface area contributed by atoms with E-state index < -0.39 is 11.7 Å². The normalized spacial score (nSPS) is 12.4. The van der Waals surface area contributed by atoms with Gasteiger partial charge in [-0.15, -0.1) is 0 Å². The monoisotopic (exact) mass is 411 g/mol. The van der Waals surface area contributed by atoms with E-state index in [0.29, 0.717) is 19.0 Å². The Kier molecular flexibility index (Phi) is 6.55.